The molecule has 2 rings (SSSR count). The summed E-state index contributed by atoms with van der Waals surface area (Å²) in [6.07, 6.45) is 2.24. The highest BCUT2D eigenvalue weighted by molar-refractivity contribution is 6.30. The minimum absolute atomic E-state index is 0.558. The first-order valence-corrected chi connectivity index (χ1v) is 6.91. The van der Waals surface area contributed by atoms with Crippen molar-refractivity contribution in [2.75, 3.05) is 13.1 Å². The molecular formula is C15H18ClNO4. The van der Waals surface area contributed by atoms with Crippen LogP contribution < -0.4 is 5.32 Å². The minimum atomic E-state index is -1.26. The summed E-state index contributed by atoms with van der Waals surface area (Å²) < 4.78 is 0. The molecule has 1 heterocycles. The number of aliphatic carboxylic acids is 2. The van der Waals surface area contributed by atoms with Crippen molar-refractivity contribution in [1.29, 1.82) is 0 Å². The Morgan fingerprint density at radius 3 is 2.48 bits per heavy atom. The van der Waals surface area contributed by atoms with Gasteiger partial charge in [-0.2, -0.15) is 0 Å². The Kier molecular flexibility index (Phi) is 6.91. The van der Waals surface area contributed by atoms with E-state index >= 15 is 0 Å². The maximum atomic E-state index is 9.55. The van der Waals surface area contributed by atoms with Crippen molar-refractivity contribution >= 4 is 23.5 Å². The number of carboxylic acid groups (broad SMARTS) is 2. The average Bonchev–Trinajstić information content (AvgIpc) is 2.60. The van der Waals surface area contributed by atoms with Crippen molar-refractivity contribution in [2.45, 2.75) is 19.3 Å². The second-order valence-corrected chi connectivity index (χ2v) is 5.14. The first-order chi connectivity index (χ1) is 9.90. The summed E-state index contributed by atoms with van der Waals surface area (Å²) in [6, 6.07) is 6.24. The van der Waals surface area contributed by atoms with Crippen molar-refractivity contribution in [3.8, 4) is 0 Å². The zero-order valence-corrected chi connectivity index (χ0v) is 12.4. The fraction of sp³-hybridized carbons (Fsp3) is 0.333. The molecule has 6 heteroatoms. The van der Waals surface area contributed by atoms with Crippen LogP contribution in [0, 0.1) is 0 Å². The van der Waals surface area contributed by atoms with Crippen molar-refractivity contribution in [1.82, 2.24) is 5.32 Å². The lowest BCUT2D eigenvalue weighted by molar-refractivity contribution is -0.134. The number of rotatable bonds is 2. The molecule has 1 aliphatic rings. The Labute approximate surface area is 128 Å². The minimum Gasteiger partial charge on any atom is -0.478 e. The quantitative estimate of drug-likeness (QED) is 0.730. The number of benzene rings is 1. The largest absolute Gasteiger partial charge is 0.478 e. The van der Waals surface area contributed by atoms with Gasteiger partial charge in [-0.3, -0.25) is 0 Å². The third-order valence-corrected chi connectivity index (χ3v) is 3.26. The molecule has 1 aromatic carbocycles. The number of carboxylic acids is 2. The van der Waals surface area contributed by atoms with Gasteiger partial charge in [0.25, 0.3) is 0 Å². The van der Waals surface area contributed by atoms with Gasteiger partial charge in [-0.05, 0) is 42.1 Å². The van der Waals surface area contributed by atoms with Crippen LogP contribution in [0.3, 0.4) is 0 Å². The number of carbonyl (C=O) groups is 2. The summed E-state index contributed by atoms with van der Waals surface area (Å²) >= 11 is 5.97. The van der Waals surface area contributed by atoms with Crippen molar-refractivity contribution in [3.63, 3.8) is 0 Å². The van der Waals surface area contributed by atoms with Crippen LogP contribution in [0.25, 0.3) is 0 Å². The van der Waals surface area contributed by atoms with Gasteiger partial charge in [-0.25, -0.2) is 9.59 Å². The first-order valence-electron chi connectivity index (χ1n) is 6.53. The maximum absolute atomic E-state index is 9.55. The van der Waals surface area contributed by atoms with Gasteiger partial charge < -0.3 is 15.5 Å². The van der Waals surface area contributed by atoms with Crippen LogP contribution in [0.2, 0.25) is 5.02 Å². The van der Waals surface area contributed by atoms with E-state index in [1.165, 1.54) is 11.1 Å². The van der Waals surface area contributed by atoms with Crippen LogP contribution in [-0.4, -0.2) is 35.2 Å². The molecule has 0 spiro atoms. The van der Waals surface area contributed by atoms with E-state index in [-0.39, 0.29) is 0 Å². The third-order valence-electron chi connectivity index (χ3n) is 3.03. The third kappa shape index (κ3) is 6.42. The average molecular weight is 312 g/mol. The van der Waals surface area contributed by atoms with Crippen molar-refractivity contribution in [2.24, 2.45) is 0 Å². The van der Waals surface area contributed by atoms with Crippen molar-refractivity contribution < 1.29 is 19.8 Å². The number of hydrogen-bond acceptors (Lipinski definition) is 3. The molecule has 0 aliphatic carbocycles. The van der Waals surface area contributed by atoms with Crippen LogP contribution >= 0.6 is 11.6 Å². The molecule has 0 amide bonds. The molecule has 1 aliphatic heterocycles. The van der Waals surface area contributed by atoms with Gasteiger partial charge >= 0.3 is 11.9 Å². The molecule has 114 valence electrons. The van der Waals surface area contributed by atoms with Crippen LogP contribution in [0.15, 0.2) is 30.4 Å². The second kappa shape index (κ2) is 8.44. The Bertz CT molecular complexity index is 526. The van der Waals surface area contributed by atoms with E-state index in [1.807, 2.05) is 6.07 Å². The summed E-state index contributed by atoms with van der Waals surface area (Å²) in [5.41, 5.74) is 2.86. The predicted octanol–water partition coefficient (Wildman–Crippen LogP) is 2.30. The van der Waals surface area contributed by atoms with Gasteiger partial charge in [-0.1, -0.05) is 24.6 Å². The lowest BCUT2D eigenvalue weighted by Gasteiger charge is -2.11. The molecule has 0 bridgehead atoms. The van der Waals surface area contributed by atoms with Crippen LogP contribution in [0.4, 0.5) is 0 Å². The topological polar surface area (TPSA) is 86.6 Å². The number of halogens is 1. The molecule has 1 aromatic rings. The smallest absolute Gasteiger partial charge is 0.328 e. The SMILES string of the molecule is C[C@H]1CNCCc2ccc(Cl)cc21.O=C(O)C=CC(=O)O. The van der Waals surface area contributed by atoms with Gasteiger partial charge in [-0.15, -0.1) is 0 Å². The highest BCUT2D eigenvalue weighted by atomic mass is 35.5. The van der Waals surface area contributed by atoms with Crippen LogP contribution in [0.5, 0.6) is 0 Å². The van der Waals surface area contributed by atoms with Gasteiger partial charge in [0, 0.05) is 23.7 Å². The molecular weight excluding hydrogens is 294 g/mol. The predicted molar refractivity (Wildman–Crippen MR) is 80.9 cm³/mol. The van der Waals surface area contributed by atoms with E-state index in [4.69, 9.17) is 21.8 Å². The first kappa shape index (κ1) is 17.2. The normalized spacial score (nSPS) is 17.3. The van der Waals surface area contributed by atoms with Crippen LogP contribution in [-0.2, 0) is 16.0 Å². The van der Waals surface area contributed by atoms with E-state index < -0.39 is 11.9 Å². The van der Waals surface area contributed by atoms with Gasteiger partial charge in [0.1, 0.15) is 0 Å². The monoisotopic (exact) mass is 311 g/mol. The molecule has 0 saturated heterocycles. The number of nitrogens with one attached hydrogen (secondary N) is 1. The molecule has 0 unspecified atom stereocenters. The molecule has 21 heavy (non-hydrogen) atoms. The second-order valence-electron chi connectivity index (χ2n) is 4.71. The molecule has 0 radical (unpaired) electrons. The van der Waals surface area contributed by atoms with Gasteiger partial charge in [0.15, 0.2) is 0 Å². The molecule has 3 N–H and O–H groups in total. The lowest BCUT2D eigenvalue weighted by Crippen LogP contribution is -2.18. The van der Waals surface area contributed by atoms with E-state index in [0.717, 1.165) is 24.5 Å². The zero-order valence-electron chi connectivity index (χ0n) is 11.7. The lowest BCUT2D eigenvalue weighted by atomic mass is 9.96. The summed E-state index contributed by atoms with van der Waals surface area (Å²) in [7, 11) is 0. The molecule has 0 aromatic heterocycles. The van der Waals surface area contributed by atoms with Crippen molar-refractivity contribution in [3.05, 3.63) is 46.5 Å². The Hall–Kier alpha value is -1.85. The highest BCUT2D eigenvalue weighted by Crippen LogP contribution is 2.25. The summed E-state index contributed by atoms with van der Waals surface area (Å²) in [5, 5.41) is 19.9. The zero-order chi connectivity index (χ0) is 15.8. The fourth-order valence-electron chi connectivity index (χ4n) is 2.05. The number of fused-ring (bicyclic) bond motifs is 1. The standard InChI is InChI=1S/C11H14ClN.C4H4O4/c1-8-7-13-5-4-9-2-3-10(12)6-11(8)9;5-3(6)1-2-4(7)8/h2-3,6,8,13H,4-5,7H2,1H3;1-2H,(H,5,6)(H,7,8)/t8-;/m0./s1. The van der Waals surface area contributed by atoms with Gasteiger partial charge in [0.05, 0.1) is 0 Å². The summed E-state index contributed by atoms with van der Waals surface area (Å²) in [4.78, 5) is 19.1. The molecule has 0 fully saturated rings. The Morgan fingerprint density at radius 2 is 1.90 bits per heavy atom. The molecule has 0 saturated carbocycles. The number of hydrogen-bond donors (Lipinski definition) is 3. The molecule has 1 atom stereocenters. The fourth-order valence-corrected chi connectivity index (χ4v) is 2.23. The molecule has 5 nitrogen and oxygen atoms in total. The summed E-state index contributed by atoms with van der Waals surface area (Å²) in [5.74, 6) is -1.93. The van der Waals surface area contributed by atoms with Crippen LogP contribution in [0.1, 0.15) is 24.0 Å². The summed E-state index contributed by atoms with van der Waals surface area (Å²) in [6.45, 7) is 4.39. The highest BCUT2D eigenvalue weighted by Gasteiger charge is 2.13. The van der Waals surface area contributed by atoms with E-state index in [0.29, 0.717) is 18.1 Å². The van der Waals surface area contributed by atoms with Gasteiger partial charge in [0.2, 0.25) is 0 Å². The maximum Gasteiger partial charge on any atom is 0.328 e. The Balaban J connectivity index is 0.000000240. The Morgan fingerprint density at radius 1 is 1.29 bits per heavy atom. The van der Waals surface area contributed by atoms with E-state index in [2.05, 4.69) is 24.4 Å². The van der Waals surface area contributed by atoms with E-state index in [1.54, 1.807) is 0 Å². The van der Waals surface area contributed by atoms with E-state index in [9.17, 15) is 9.59 Å².